The summed E-state index contributed by atoms with van der Waals surface area (Å²) < 4.78 is 8.78. The monoisotopic (exact) mass is 683 g/mol. The summed E-state index contributed by atoms with van der Waals surface area (Å²) in [6.45, 7) is 10.1. The highest BCUT2D eigenvalue weighted by atomic mass is 127. The first-order valence-electron chi connectivity index (χ1n) is 14.2. The third kappa shape index (κ3) is 7.72. The Morgan fingerprint density at radius 2 is 1.90 bits per heavy atom. The van der Waals surface area contributed by atoms with Crippen LogP contribution in [0.2, 0.25) is 0 Å². The Labute approximate surface area is 260 Å². The zero-order valence-electron chi connectivity index (χ0n) is 24.5. The van der Waals surface area contributed by atoms with Crippen LogP contribution in [0, 0.1) is 3.57 Å². The van der Waals surface area contributed by atoms with Crippen LogP contribution in [-0.4, -0.2) is 87.1 Å². The zero-order chi connectivity index (χ0) is 29.7. The predicted molar refractivity (Wildman–Crippen MR) is 173 cm³/mol. The van der Waals surface area contributed by atoms with E-state index in [9.17, 15) is 4.79 Å². The molecule has 4 aromatic rings. The Balaban J connectivity index is 1.34. The number of aromatic nitrogens is 5. The van der Waals surface area contributed by atoms with Crippen LogP contribution in [0.1, 0.15) is 38.8 Å². The highest BCUT2D eigenvalue weighted by Gasteiger charge is 2.21. The molecular formula is C30H38IN9O2. The standard InChI is InChI=1S/C30H38IN9O2/c1-30(2,3)42-20-26(41)32-10-8-23(21-6-5-7-22(31)18-21)36-29-34-11-9-24(37-29)25-19-35-28-27(33-12-13-40(25)28)39-16-14-38(4)15-17-39/h5-7,9,11-13,18-19,23H,8,10,14-17,20H2,1-4H3,(H,32,41)(H,34,36,37). The molecule has 5 rings (SSSR count). The van der Waals surface area contributed by atoms with Gasteiger partial charge in [0.25, 0.3) is 0 Å². The third-order valence-electron chi connectivity index (χ3n) is 7.08. The molecule has 4 heterocycles. The molecule has 1 aliphatic heterocycles. The Morgan fingerprint density at radius 3 is 2.67 bits per heavy atom. The summed E-state index contributed by atoms with van der Waals surface area (Å²) in [6.07, 6.45) is 7.98. The first kappa shape index (κ1) is 30.1. The summed E-state index contributed by atoms with van der Waals surface area (Å²) >= 11 is 2.31. The lowest BCUT2D eigenvalue weighted by Crippen LogP contribution is -2.45. The van der Waals surface area contributed by atoms with E-state index in [2.05, 4.69) is 78.2 Å². The SMILES string of the molecule is CN1CCN(c2nccn3c(-c4ccnc(NC(CCNC(=O)COC(C)(C)C)c5cccc(I)c5)n4)cnc23)CC1. The molecule has 1 aromatic carbocycles. The van der Waals surface area contributed by atoms with Crippen molar-refractivity contribution >= 4 is 45.9 Å². The van der Waals surface area contributed by atoms with Gasteiger partial charge in [0.05, 0.1) is 29.2 Å². The molecule has 11 nitrogen and oxygen atoms in total. The predicted octanol–water partition coefficient (Wildman–Crippen LogP) is 4.02. The van der Waals surface area contributed by atoms with Crippen molar-refractivity contribution in [2.24, 2.45) is 0 Å². The van der Waals surface area contributed by atoms with Gasteiger partial charge in [-0.2, -0.15) is 0 Å². The van der Waals surface area contributed by atoms with Gasteiger partial charge in [-0.15, -0.1) is 0 Å². The van der Waals surface area contributed by atoms with Crippen LogP contribution in [0.15, 0.2) is 55.1 Å². The minimum atomic E-state index is -0.367. The molecule has 12 heteroatoms. The second-order valence-corrected chi connectivity index (χ2v) is 12.7. The van der Waals surface area contributed by atoms with Crippen molar-refractivity contribution in [2.75, 3.05) is 56.6 Å². The molecule has 1 unspecified atom stereocenters. The highest BCUT2D eigenvalue weighted by Crippen LogP contribution is 2.27. The number of rotatable bonds is 10. The number of likely N-dealkylation sites (N-methyl/N-ethyl adjacent to an activating group) is 1. The smallest absolute Gasteiger partial charge is 0.246 e. The van der Waals surface area contributed by atoms with Gasteiger partial charge in [0.1, 0.15) is 6.61 Å². The second-order valence-electron chi connectivity index (χ2n) is 11.4. The number of piperazine rings is 1. The van der Waals surface area contributed by atoms with Gasteiger partial charge in [0.15, 0.2) is 11.5 Å². The quantitative estimate of drug-likeness (QED) is 0.240. The van der Waals surface area contributed by atoms with Gasteiger partial charge >= 0.3 is 0 Å². The fraction of sp³-hybridized carbons (Fsp3) is 0.433. The molecule has 1 saturated heterocycles. The maximum atomic E-state index is 12.3. The van der Waals surface area contributed by atoms with Crippen molar-refractivity contribution in [2.45, 2.75) is 38.8 Å². The lowest BCUT2D eigenvalue weighted by molar-refractivity contribution is -0.130. The van der Waals surface area contributed by atoms with E-state index in [4.69, 9.17) is 14.7 Å². The van der Waals surface area contributed by atoms with Gasteiger partial charge < -0.3 is 25.2 Å². The number of carbonyl (C=O) groups excluding carboxylic acids is 1. The van der Waals surface area contributed by atoms with Crippen molar-refractivity contribution in [1.82, 2.24) is 34.6 Å². The van der Waals surface area contributed by atoms with E-state index in [1.54, 1.807) is 6.20 Å². The minimum absolute atomic E-state index is 0.0291. The molecule has 3 aromatic heterocycles. The van der Waals surface area contributed by atoms with Crippen LogP contribution in [0.25, 0.3) is 17.0 Å². The summed E-state index contributed by atoms with van der Waals surface area (Å²) in [5.41, 5.74) is 3.16. The van der Waals surface area contributed by atoms with Gasteiger partial charge in [-0.1, -0.05) is 12.1 Å². The number of hydrogen-bond acceptors (Lipinski definition) is 9. The van der Waals surface area contributed by atoms with Crippen molar-refractivity contribution in [3.63, 3.8) is 0 Å². The van der Waals surface area contributed by atoms with Crippen molar-refractivity contribution < 1.29 is 9.53 Å². The maximum absolute atomic E-state index is 12.3. The van der Waals surface area contributed by atoms with Gasteiger partial charge in [-0.3, -0.25) is 9.20 Å². The van der Waals surface area contributed by atoms with E-state index in [-0.39, 0.29) is 24.2 Å². The summed E-state index contributed by atoms with van der Waals surface area (Å²) in [5, 5.41) is 6.48. The van der Waals surface area contributed by atoms with Gasteiger partial charge in [0.2, 0.25) is 11.9 Å². The van der Waals surface area contributed by atoms with E-state index in [0.717, 1.165) is 58.2 Å². The van der Waals surface area contributed by atoms with Crippen LogP contribution in [0.3, 0.4) is 0 Å². The van der Waals surface area contributed by atoms with Crippen LogP contribution in [0.4, 0.5) is 11.8 Å². The lowest BCUT2D eigenvalue weighted by Gasteiger charge is -2.33. The zero-order valence-corrected chi connectivity index (χ0v) is 26.7. The number of nitrogens with one attached hydrogen (secondary N) is 2. The molecule has 1 fully saturated rings. The summed E-state index contributed by atoms with van der Waals surface area (Å²) in [6, 6.07) is 10.1. The number of hydrogen-bond donors (Lipinski definition) is 2. The van der Waals surface area contributed by atoms with Gasteiger partial charge in [-0.25, -0.2) is 19.9 Å². The van der Waals surface area contributed by atoms with E-state index in [0.29, 0.717) is 18.9 Å². The first-order valence-corrected chi connectivity index (χ1v) is 15.3. The van der Waals surface area contributed by atoms with E-state index >= 15 is 0 Å². The fourth-order valence-corrected chi connectivity index (χ4v) is 5.36. The fourth-order valence-electron chi connectivity index (χ4n) is 4.80. The number of nitrogens with zero attached hydrogens (tertiary/aromatic N) is 7. The van der Waals surface area contributed by atoms with E-state index in [1.807, 2.05) is 55.9 Å². The number of amides is 1. The molecule has 1 amide bonds. The topological polar surface area (TPSA) is 113 Å². The molecule has 222 valence electrons. The number of fused-ring (bicyclic) bond motifs is 1. The second kappa shape index (κ2) is 13.3. The molecule has 0 bridgehead atoms. The summed E-state index contributed by atoms with van der Waals surface area (Å²) in [7, 11) is 2.14. The van der Waals surface area contributed by atoms with E-state index < -0.39 is 0 Å². The number of ether oxygens (including phenoxy) is 1. The molecule has 0 spiro atoms. The first-order chi connectivity index (χ1) is 20.2. The third-order valence-corrected chi connectivity index (χ3v) is 7.75. The molecule has 0 aliphatic carbocycles. The summed E-state index contributed by atoms with van der Waals surface area (Å²) in [4.78, 5) is 35.8. The molecule has 1 aliphatic rings. The lowest BCUT2D eigenvalue weighted by atomic mass is 10.0. The number of benzene rings is 1. The average Bonchev–Trinajstić information content (AvgIpc) is 3.40. The Kier molecular flexibility index (Phi) is 9.53. The van der Waals surface area contributed by atoms with Crippen LogP contribution in [-0.2, 0) is 9.53 Å². The minimum Gasteiger partial charge on any atom is -0.366 e. The van der Waals surface area contributed by atoms with E-state index in [1.165, 1.54) is 0 Å². The van der Waals surface area contributed by atoms with Gasteiger partial charge in [-0.05, 0) is 80.6 Å². The van der Waals surface area contributed by atoms with Crippen molar-refractivity contribution in [1.29, 1.82) is 0 Å². The number of anilines is 2. The average molecular weight is 684 g/mol. The normalized spacial score (nSPS) is 15.1. The Bertz CT molecular complexity index is 1510. The molecule has 42 heavy (non-hydrogen) atoms. The van der Waals surface area contributed by atoms with Gasteiger partial charge in [0, 0.05) is 54.9 Å². The highest BCUT2D eigenvalue weighted by molar-refractivity contribution is 14.1. The number of carbonyl (C=O) groups is 1. The largest absolute Gasteiger partial charge is 0.366 e. The Morgan fingerprint density at radius 1 is 1.10 bits per heavy atom. The van der Waals surface area contributed by atoms with Crippen molar-refractivity contribution in [3.8, 4) is 11.4 Å². The number of halogens is 1. The molecule has 0 saturated carbocycles. The molecule has 0 radical (unpaired) electrons. The molecule has 1 atom stereocenters. The number of imidazole rings is 1. The van der Waals surface area contributed by atoms with Crippen LogP contribution in [0.5, 0.6) is 0 Å². The molecule has 2 N–H and O–H groups in total. The van der Waals surface area contributed by atoms with Crippen LogP contribution >= 0.6 is 22.6 Å². The van der Waals surface area contributed by atoms with Crippen LogP contribution < -0.4 is 15.5 Å². The van der Waals surface area contributed by atoms with Crippen molar-refractivity contribution in [3.05, 3.63) is 64.3 Å². The summed E-state index contributed by atoms with van der Waals surface area (Å²) in [5.74, 6) is 1.25. The molecular weight excluding hydrogens is 645 g/mol. The Hall–Kier alpha value is -3.36. The maximum Gasteiger partial charge on any atom is 0.246 e.